The van der Waals surface area contributed by atoms with E-state index in [9.17, 15) is 9.18 Å². The van der Waals surface area contributed by atoms with Crippen LogP contribution >= 0.6 is 0 Å². The molecule has 16 heavy (non-hydrogen) atoms. The molecular weight excluding hydrogens is 209 g/mol. The fraction of sp³-hybridized carbons (Fsp3) is 0.455. The molecule has 0 bridgehead atoms. The molecule has 1 aromatic heterocycles. The molecule has 4 nitrogen and oxygen atoms in total. The highest BCUT2D eigenvalue weighted by Gasteiger charge is 2.29. The van der Waals surface area contributed by atoms with Crippen LogP contribution in [0.3, 0.4) is 0 Å². The molecule has 0 spiro atoms. The number of nitrogens with two attached hydrogens (primary N) is 1. The summed E-state index contributed by atoms with van der Waals surface area (Å²) in [4.78, 5) is 15.1. The highest BCUT2D eigenvalue weighted by Crippen LogP contribution is 2.32. The van der Waals surface area contributed by atoms with E-state index in [1.807, 2.05) is 0 Å². The quantitative estimate of drug-likeness (QED) is 0.756. The van der Waals surface area contributed by atoms with Crippen molar-refractivity contribution < 1.29 is 9.18 Å². The lowest BCUT2D eigenvalue weighted by molar-refractivity contribution is -0.116. The molecule has 5 heteroatoms. The van der Waals surface area contributed by atoms with E-state index >= 15 is 0 Å². The minimum Gasteiger partial charge on any atom is -0.327 e. The molecule has 2 rings (SSSR count). The largest absolute Gasteiger partial charge is 0.327 e. The Hall–Kier alpha value is -1.49. The Balaban J connectivity index is 1.86. The average molecular weight is 223 g/mol. The van der Waals surface area contributed by atoms with Crippen LogP contribution in [-0.2, 0) is 4.79 Å². The van der Waals surface area contributed by atoms with E-state index < -0.39 is 5.95 Å². The van der Waals surface area contributed by atoms with Crippen molar-refractivity contribution in [2.24, 2.45) is 11.7 Å². The Bertz CT molecular complexity index is 393. The van der Waals surface area contributed by atoms with Gasteiger partial charge in [-0.15, -0.1) is 0 Å². The van der Waals surface area contributed by atoms with Crippen molar-refractivity contribution in [3.05, 3.63) is 24.1 Å². The zero-order chi connectivity index (χ0) is 11.5. The lowest BCUT2D eigenvalue weighted by atomic mass is 10.1. The first-order chi connectivity index (χ1) is 7.65. The topological polar surface area (TPSA) is 68.0 Å². The van der Waals surface area contributed by atoms with Crippen LogP contribution in [0.4, 0.5) is 10.2 Å². The molecule has 0 radical (unpaired) electrons. The van der Waals surface area contributed by atoms with Crippen LogP contribution in [-0.4, -0.2) is 16.9 Å². The third-order valence-electron chi connectivity index (χ3n) is 2.63. The number of aromatic nitrogens is 1. The zero-order valence-corrected chi connectivity index (χ0v) is 8.82. The van der Waals surface area contributed by atoms with Crippen LogP contribution in [0.15, 0.2) is 18.2 Å². The fourth-order valence-electron chi connectivity index (χ4n) is 1.58. The molecule has 1 fully saturated rings. The lowest BCUT2D eigenvalue weighted by Gasteiger charge is -2.09. The molecule has 3 N–H and O–H groups in total. The molecule has 1 aromatic rings. The summed E-state index contributed by atoms with van der Waals surface area (Å²) < 4.78 is 12.7. The van der Waals surface area contributed by atoms with Gasteiger partial charge in [0.1, 0.15) is 5.82 Å². The molecule has 1 aliphatic rings. The summed E-state index contributed by atoms with van der Waals surface area (Å²) in [5.74, 6) is -0.110. The van der Waals surface area contributed by atoms with Gasteiger partial charge < -0.3 is 11.1 Å². The zero-order valence-electron chi connectivity index (χ0n) is 8.82. The molecule has 0 aliphatic heterocycles. The highest BCUT2D eigenvalue weighted by molar-refractivity contribution is 5.90. The highest BCUT2D eigenvalue weighted by atomic mass is 19.1. The van der Waals surface area contributed by atoms with Crippen LogP contribution in [0, 0.1) is 11.9 Å². The van der Waals surface area contributed by atoms with E-state index in [4.69, 9.17) is 5.73 Å². The lowest BCUT2D eigenvalue weighted by Crippen LogP contribution is -2.29. The Morgan fingerprint density at radius 3 is 3.00 bits per heavy atom. The first-order valence-corrected chi connectivity index (χ1v) is 5.33. The van der Waals surface area contributed by atoms with Crippen LogP contribution in [0.5, 0.6) is 0 Å². The molecule has 1 atom stereocenters. The van der Waals surface area contributed by atoms with Crippen LogP contribution < -0.4 is 11.1 Å². The van der Waals surface area contributed by atoms with Crippen LogP contribution in [0.25, 0.3) is 0 Å². The maximum atomic E-state index is 12.7. The van der Waals surface area contributed by atoms with Gasteiger partial charge in [0.05, 0.1) is 0 Å². The summed E-state index contributed by atoms with van der Waals surface area (Å²) in [6.45, 7) is 0. The predicted molar refractivity (Wildman–Crippen MR) is 58.1 cm³/mol. The number of halogens is 1. The van der Waals surface area contributed by atoms with Crippen molar-refractivity contribution in [3.63, 3.8) is 0 Å². The number of hydrogen-bond acceptors (Lipinski definition) is 3. The maximum Gasteiger partial charge on any atom is 0.227 e. The van der Waals surface area contributed by atoms with E-state index in [2.05, 4.69) is 10.3 Å². The third kappa shape index (κ3) is 3.00. The number of amides is 1. The summed E-state index contributed by atoms with van der Waals surface area (Å²) in [5.41, 5.74) is 5.81. The van der Waals surface area contributed by atoms with Crippen molar-refractivity contribution in [2.45, 2.75) is 25.3 Å². The molecule has 0 saturated heterocycles. The minimum absolute atomic E-state index is 0.0893. The maximum absolute atomic E-state index is 12.7. The molecule has 1 aliphatic carbocycles. The van der Waals surface area contributed by atoms with E-state index in [1.54, 1.807) is 6.07 Å². The van der Waals surface area contributed by atoms with Gasteiger partial charge in [-0.2, -0.15) is 4.39 Å². The number of carbonyl (C=O) groups excluding carboxylic acids is 1. The number of rotatable bonds is 4. The minimum atomic E-state index is -0.607. The van der Waals surface area contributed by atoms with Gasteiger partial charge in [-0.1, -0.05) is 6.07 Å². The van der Waals surface area contributed by atoms with Gasteiger partial charge in [-0.3, -0.25) is 4.79 Å². The smallest absolute Gasteiger partial charge is 0.227 e. The van der Waals surface area contributed by atoms with E-state index in [0.29, 0.717) is 5.92 Å². The number of nitrogens with one attached hydrogen (secondary N) is 1. The SMILES string of the molecule is NC(CC(=O)Nc1cccc(F)n1)C1CC1. The van der Waals surface area contributed by atoms with Crippen molar-refractivity contribution >= 4 is 11.7 Å². The van der Waals surface area contributed by atoms with Crippen LogP contribution in [0.1, 0.15) is 19.3 Å². The predicted octanol–water partition coefficient (Wildman–Crippen LogP) is 1.29. The second-order valence-electron chi connectivity index (χ2n) is 4.10. The fourth-order valence-corrected chi connectivity index (χ4v) is 1.58. The van der Waals surface area contributed by atoms with Crippen molar-refractivity contribution in [3.8, 4) is 0 Å². The Labute approximate surface area is 93.1 Å². The molecule has 1 unspecified atom stereocenters. The van der Waals surface area contributed by atoms with E-state index in [-0.39, 0.29) is 24.2 Å². The van der Waals surface area contributed by atoms with Gasteiger partial charge in [0.25, 0.3) is 0 Å². The summed E-state index contributed by atoms with van der Waals surface area (Å²) in [6, 6.07) is 4.18. The van der Waals surface area contributed by atoms with Crippen molar-refractivity contribution in [2.75, 3.05) is 5.32 Å². The normalized spacial score (nSPS) is 16.9. The van der Waals surface area contributed by atoms with Gasteiger partial charge in [0.15, 0.2) is 0 Å². The summed E-state index contributed by atoms with van der Waals surface area (Å²) in [5, 5.41) is 2.53. The van der Waals surface area contributed by atoms with Gasteiger partial charge in [-0.25, -0.2) is 4.98 Å². The van der Waals surface area contributed by atoms with E-state index in [1.165, 1.54) is 12.1 Å². The summed E-state index contributed by atoms with van der Waals surface area (Å²) in [7, 11) is 0. The summed E-state index contributed by atoms with van der Waals surface area (Å²) in [6.07, 6.45) is 2.47. The first-order valence-electron chi connectivity index (χ1n) is 5.33. The Morgan fingerprint density at radius 1 is 1.62 bits per heavy atom. The first kappa shape index (κ1) is 11.0. The van der Waals surface area contributed by atoms with E-state index in [0.717, 1.165) is 12.8 Å². The standard InChI is InChI=1S/C11H14FN3O/c12-9-2-1-3-10(14-9)15-11(16)6-8(13)7-4-5-7/h1-3,7-8H,4-6,13H2,(H,14,15,16). The van der Waals surface area contributed by atoms with Gasteiger partial charge in [0, 0.05) is 12.5 Å². The average Bonchev–Trinajstić information content (AvgIpc) is 2.99. The number of carbonyl (C=O) groups is 1. The van der Waals surface area contributed by atoms with Crippen molar-refractivity contribution in [1.29, 1.82) is 0 Å². The molecular formula is C11H14FN3O. The molecule has 0 aromatic carbocycles. The Kier molecular flexibility index (Phi) is 3.14. The van der Waals surface area contributed by atoms with Gasteiger partial charge in [-0.05, 0) is 30.9 Å². The number of hydrogen-bond donors (Lipinski definition) is 2. The number of anilines is 1. The molecule has 1 saturated carbocycles. The Morgan fingerprint density at radius 2 is 2.38 bits per heavy atom. The second kappa shape index (κ2) is 4.57. The van der Waals surface area contributed by atoms with Crippen LogP contribution in [0.2, 0.25) is 0 Å². The number of nitrogens with zero attached hydrogens (tertiary/aromatic N) is 1. The molecule has 86 valence electrons. The second-order valence-corrected chi connectivity index (χ2v) is 4.10. The van der Waals surface area contributed by atoms with Gasteiger partial charge in [0.2, 0.25) is 11.9 Å². The van der Waals surface area contributed by atoms with Crippen molar-refractivity contribution in [1.82, 2.24) is 4.98 Å². The molecule has 1 amide bonds. The van der Waals surface area contributed by atoms with Gasteiger partial charge >= 0.3 is 0 Å². The number of pyridine rings is 1. The molecule has 1 heterocycles. The third-order valence-corrected chi connectivity index (χ3v) is 2.63. The summed E-state index contributed by atoms with van der Waals surface area (Å²) >= 11 is 0. The monoisotopic (exact) mass is 223 g/mol.